The van der Waals surface area contributed by atoms with Crippen LogP contribution in [0.5, 0.6) is 11.5 Å². The van der Waals surface area contributed by atoms with E-state index in [-0.39, 0.29) is 17.2 Å². The van der Waals surface area contributed by atoms with E-state index in [0.717, 1.165) is 0 Å². The molecule has 4 nitrogen and oxygen atoms in total. The quantitative estimate of drug-likeness (QED) is 0.459. The van der Waals surface area contributed by atoms with Crippen molar-refractivity contribution in [1.82, 2.24) is 0 Å². The molecule has 0 aliphatic carbocycles. The molecule has 0 bridgehead atoms. The van der Waals surface area contributed by atoms with Crippen LogP contribution in [-0.2, 0) is 5.33 Å². The van der Waals surface area contributed by atoms with E-state index < -0.39 is 10.7 Å². The topological polar surface area (TPSA) is 52.4 Å². The van der Waals surface area contributed by atoms with Crippen LogP contribution in [0.25, 0.3) is 0 Å². The molecule has 2 aromatic carbocycles. The molecule has 2 rings (SSSR count). The van der Waals surface area contributed by atoms with E-state index in [0.29, 0.717) is 16.5 Å². The number of alkyl halides is 1. The van der Waals surface area contributed by atoms with Crippen molar-refractivity contribution in [2.45, 2.75) is 12.3 Å². The number of nitrogens with zero attached hydrogens (tertiary/aromatic N) is 1. The number of benzene rings is 2. The number of ether oxygens (including phenoxy) is 1. The van der Waals surface area contributed by atoms with Gasteiger partial charge in [-0.05, 0) is 19.1 Å². The summed E-state index contributed by atoms with van der Waals surface area (Å²) in [5, 5.41) is 11.3. The Labute approximate surface area is 123 Å². The highest BCUT2D eigenvalue weighted by atomic mass is 79.9. The van der Waals surface area contributed by atoms with E-state index in [1.165, 1.54) is 18.2 Å². The molecule has 2 aromatic rings. The first kappa shape index (κ1) is 14.5. The minimum atomic E-state index is -0.507. The van der Waals surface area contributed by atoms with Gasteiger partial charge in [0.15, 0.2) is 11.6 Å². The van der Waals surface area contributed by atoms with E-state index in [1.807, 2.05) is 0 Å². The van der Waals surface area contributed by atoms with Crippen LogP contribution < -0.4 is 4.74 Å². The lowest BCUT2D eigenvalue weighted by molar-refractivity contribution is -0.385. The van der Waals surface area contributed by atoms with Crippen molar-refractivity contribution >= 4 is 21.6 Å². The number of rotatable bonds is 4. The Morgan fingerprint density at radius 2 is 2.00 bits per heavy atom. The summed E-state index contributed by atoms with van der Waals surface area (Å²) in [6.45, 7) is 1.57. The fraction of sp³-hybridized carbons (Fsp3) is 0.143. The van der Waals surface area contributed by atoms with Gasteiger partial charge in [0.2, 0.25) is 0 Å². The first-order chi connectivity index (χ1) is 9.54. The summed E-state index contributed by atoms with van der Waals surface area (Å²) in [5.41, 5.74) is 0.941. The average Bonchev–Trinajstić information content (AvgIpc) is 2.42. The van der Waals surface area contributed by atoms with Crippen LogP contribution in [-0.4, -0.2) is 4.92 Å². The normalized spacial score (nSPS) is 10.3. The summed E-state index contributed by atoms with van der Waals surface area (Å²) >= 11 is 3.26. The molecule has 0 aromatic heterocycles. The summed E-state index contributed by atoms with van der Waals surface area (Å²) in [6, 6.07) is 9.06. The predicted octanol–water partition coefficient (Wildman–Crippen LogP) is 4.73. The van der Waals surface area contributed by atoms with Crippen molar-refractivity contribution in [3.8, 4) is 11.5 Å². The Bertz CT molecular complexity index is 661. The summed E-state index contributed by atoms with van der Waals surface area (Å²) in [4.78, 5) is 10.4. The van der Waals surface area contributed by atoms with Gasteiger partial charge >= 0.3 is 0 Å². The Balaban J connectivity index is 2.46. The summed E-state index contributed by atoms with van der Waals surface area (Å²) < 4.78 is 19.4. The van der Waals surface area contributed by atoms with Crippen molar-refractivity contribution in [3.63, 3.8) is 0 Å². The Morgan fingerprint density at radius 1 is 1.30 bits per heavy atom. The van der Waals surface area contributed by atoms with Crippen LogP contribution in [0.15, 0.2) is 36.4 Å². The van der Waals surface area contributed by atoms with E-state index in [1.54, 1.807) is 25.1 Å². The molecule has 0 fully saturated rings. The third-order valence-electron chi connectivity index (χ3n) is 2.86. The van der Waals surface area contributed by atoms with Gasteiger partial charge in [0, 0.05) is 17.0 Å². The second-order valence-corrected chi connectivity index (χ2v) is 4.68. The minimum absolute atomic E-state index is 0.0563. The molecule has 0 spiro atoms. The number of nitro benzene ring substituents is 1. The zero-order valence-electron chi connectivity index (χ0n) is 10.6. The van der Waals surface area contributed by atoms with Gasteiger partial charge in [-0.2, -0.15) is 0 Å². The number of hydrogen-bond donors (Lipinski definition) is 0. The van der Waals surface area contributed by atoms with Gasteiger partial charge in [-0.25, -0.2) is 4.39 Å². The third-order valence-corrected chi connectivity index (χ3v) is 3.46. The maximum absolute atomic E-state index is 13.8. The molecule has 0 atom stereocenters. The molecule has 104 valence electrons. The van der Waals surface area contributed by atoms with Crippen molar-refractivity contribution in [2.24, 2.45) is 0 Å². The smallest absolute Gasteiger partial charge is 0.276 e. The number of hydrogen-bond acceptors (Lipinski definition) is 3. The summed E-state index contributed by atoms with van der Waals surface area (Å²) in [6.07, 6.45) is 0. The average molecular weight is 340 g/mol. The van der Waals surface area contributed by atoms with Crippen molar-refractivity contribution in [3.05, 3.63) is 63.5 Å². The van der Waals surface area contributed by atoms with Crippen molar-refractivity contribution in [1.29, 1.82) is 0 Å². The molecule has 0 heterocycles. The predicted molar refractivity (Wildman–Crippen MR) is 76.9 cm³/mol. The van der Waals surface area contributed by atoms with Gasteiger partial charge in [-0.3, -0.25) is 10.1 Å². The monoisotopic (exact) mass is 339 g/mol. The molecule has 0 unspecified atom stereocenters. The lowest BCUT2D eigenvalue weighted by Gasteiger charge is -2.12. The molecule has 0 N–H and O–H groups in total. The summed E-state index contributed by atoms with van der Waals surface area (Å²) in [7, 11) is 0. The molecular weight excluding hydrogens is 329 g/mol. The zero-order chi connectivity index (χ0) is 14.7. The number of nitro groups is 1. The Hall–Kier alpha value is -1.95. The molecule has 0 radical (unpaired) electrons. The minimum Gasteiger partial charge on any atom is -0.453 e. The first-order valence-electron chi connectivity index (χ1n) is 5.79. The van der Waals surface area contributed by atoms with E-state index in [9.17, 15) is 14.5 Å². The highest BCUT2D eigenvalue weighted by Gasteiger charge is 2.17. The zero-order valence-corrected chi connectivity index (χ0v) is 12.2. The molecule has 0 saturated heterocycles. The van der Waals surface area contributed by atoms with Gasteiger partial charge in [-0.15, -0.1) is 0 Å². The van der Waals surface area contributed by atoms with Gasteiger partial charge < -0.3 is 4.74 Å². The lowest BCUT2D eigenvalue weighted by atomic mass is 10.1. The van der Waals surface area contributed by atoms with Gasteiger partial charge in [0.25, 0.3) is 5.69 Å². The number of para-hydroxylation sites is 1. The molecular formula is C14H11BrFNO3. The van der Waals surface area contributed by atoms with Gasteiger partial charge in [-0.1, -0.05) is 34.1 Å². The van der Waals surface area contributed by atoms with Crippen LogP contribution in [0.4, 0.5) is 10.1 Å². The molecule has 6 heteroatoms. The largest absolute Gasteiger partial charge is 0.453 e. The molecule has 0 saturated carbocycles. The van der Waals surface area contributed by atoms with Crippen LogP contribution in [0.1, 0.15) is 11.1 Å². The fourth-order valence-corrected chi connectivity index (χ4v) is 2.24. The van der Waals surface area contributed by atoms with Crippen LogP contribution >= 0.6 is 15.9 Å². The van der Waals surface area contributed by atoms with E-state index in [4.69, 9.17) is 4.74 Å². The van der Waals surface area contributed by atoms with Crippen LogP contribution in [0.3, 0.4) is 0 Å². The maximum Gasteiger partial charge on any atom is 0.276 e. The number of halogens is 2. The summed E-state index contributed by atoms with van der Waals surface area (Å²) in [5.74, 6) is -0.160. The molecule has 0 aliphatic heterocycles. The third kappa shape index (κ3) is 2.80. The molecule has 20 heavy (non-hydrogen) atoms. The van der Waals surface area contributed by atoms with Gasteiger partial charge in [0.1, 0.15) is 5.75 Å². The van der Waals surface area contributed by atoms with Crippen molar-refractivity contribution in [2.75, 3.05) is 0 Å². The highest BCUT2D eigenvalue weighted by Crippen LogP contribution is 2.34. The second-order valence-electron chi connectivity index (χ2n) is 4.12. The van der Waals surface area contributed by atoms with E-state index >= 15 is 0 Å². The van der Waals surface area contributed by atoms with E-state index in [2.05, 4.69) is 15.9 Å². The molecule has 0 aliphatic rings. The van der Waals surface area contributed by atoms with Crippen molar-refractivity contribution < 1.29 is 14.1 Å². The lowest BCUT2D eigenvalue weighted by Crippen LogP contribution is -1.97. The fourth-order valence-electron chi connectivity index (χ4n) is 1.79. The first-order valence-corrected chi connectivity index (χ1v) is 6.92. The van der Waals surface area contributed by atoms with Crippen LogP contribution in [0.2, 0.25) is 0 Å². The standard InChI is InChI=1S/C14H11BrFNO3/c1-9-12(17(18)19)6-3-7-13(9)20-14-10(8-15)4-2-5-11(14)16/h2-7H,8H2,1H3. The van der Waals surface area contributed by atoms with Crippen LogP contribution in [0, 0.1) is 22.9 Å². The van der Waals surface area contributed by atoms with Gasteiger partial charge in [0.05, 0.1) is 10.5 Å². The SMILES string of the molecule is Cc1c(Oc2c(F)cccc2CBr)cccc1[N+](=O)[O-]. The maximum atomic E-state index is 13.8. The second kappa shape index (κ2) is 6.00. The molecule has 0 amide bonds. The Kier molecular flexibility index (Phi) is 4.34. The Morgan fingerprint density at radius 3 is 2.65 bits per heavy atom. The highest BCUT2D eigenvalue weighted by molar-refractivity contribution is 9.08.